The first-order valence-electron chi connectivity index (χ1n) is 8.53. The fourth-order valence-corrected chi connectivity index (χ4v) is 4.49. The van der Waals surface area contributed by atoms with Crippen LogP contribution in [0.2, 0.25) is 0 Å². The van der Waals surface area contributed by atoms with Crippen LogP contribution >= 0.6 is 0 Å². The number of nitrogens with two attached hydrogens (primary N) is 1. The van der Waals surface area contributed by atoms with E-state index in [4.69, 9.17) is 0 Å². The van der Waals surface area contributed by atoms with Gasteiger partial charge in [0.2, 0.25) is 11.4 Å². The average molecular weight is 332 g/mol. The molecule has 0 aliphatic carbocycles. The van der Waals surface area contributed by atoms with Gasteiger partial charge >= 0.3 is 5.91 Å². The second-order valence-electron chi connectivity index (χ2n) is 6.75. The smallest absolute Gasteiger partial charge is 0.306 e. The topological polar surface area (TPSA) is 69.8 Å². The molecule has 5 heteroatoms. The van der Waals surface area contributed by atoms with Gasteiger partial charge in [-0.15, -0.1) is 0 Å². The van der Waals surface area contributed by atoms with E-state index in [0.717, 1.165) is 35.1 Å². The standard InChI is InChI=1S/C20H17N3O2/c1-12(24)23-17-9-5-3-7-15(17)20(19(23)25)18-14(10-11-21-20)13-6-2-4-8-16(13)22-18/h2-9,21-22H,10-11H2,1H3/p+1/t20-/m1/s1. The molecule has 0 radical (unpaired) electrons. The molecule has 0 unspecified atom stereocenters. The van der Waals surface area contributed by atoms with Crippen molar-refractivity contribution in [3.63, 3.8) is 0 Å². The zero-order chi connectivity index (χ0) is 17.2. The number of aromatic nitrogens is 1. The summed E-state index contributed by atoms with van der Waals surface area (Å²) in [5.74, 6) is -0.417. The number of aromatic amines is 1. The minimum absolute atomic E-state index is 0.172. The number of hydrogen-bond acceptors (Lipinski definition) is 2. The number of hydrogen-bond donors (Lipinski definition) is 2. The number of imide groups is 1. The number of nitrogens with one attached hydrogen (secondary N) is 1. The number of carbonyl (C=O) groups is 2. The number of H-pyrrole nitrogens is 1. The van der Waals surface area contributed by atoms with Crippen LogP contribution in [0.1, 0.15) is 23.7 Å². The van der Waals surface area contributed by atoms with Gasteiger partial charge in [-0.1, -0.05) is 30.3 Å². The average Bonchev–Trinajstić information content (AvgIpc) is 3.11. The van der Waals surface area contributed by atoms with E-state index >= 15 is 0 Å². The molecule has 5 rings (SSSR count). The Morgan fingerprint density at radius 1 is 1.16 bits per heavy atom. The highest BCUT2D eigenvalue weighted by Gasteiger charge is 2.60. The van der Waals surface area contributed by atoms with Gasteiger partial charge in [-0.3, -0.25) is 9.59 Å². The number of anilines is 1. The number of nitrogens with zero attached hydrogens (tertiary/aromatic N) is 1. The minimum Gasteiger partial charge on any atom is -0.352 e. The third-order valence-electron chi connectivity index (χ3n) is 5.48. The monoisotopic (exact) mass is 332 g/mol. The lowest BCUT2D eigenvalue weighted by atomic mass is 9.82. The Bertz CT molecular complexity index is 1050. The van der Waals surface area contributed by atoms with E-state index in [-0.39, 0.29) is 11.8 Å². The Labute approximate surface area is 144 Å². The van der Waals surface area contributed by atoms with Crippen LogP contribution in [0.15, 0.2) is 48.5 Å². The van der Waals surface area contributed by atoms with Gasteiger partial charge in [0.05, 0.1) is 23.5 Å². The Morgan fingerprint density at radius 2 is 1.92 bits per heavy atom. The van der Waals surface area contributed by atoms with Gasteiger partial charge in [-0.2, -0.15) is 0 Å². The molecule has 124 valence electrons. The van der Waals surface area contributed by atoms with Crippen LogP contribution in [0.5, 0.6) is 0 Å². The van der Waals surface area contributed by atoms with Crippen molar-refractivity contribution >= 4 is 28.4 Å². The number of amides is 2. The number of rotatable bonds is 0. The van der Waals surface area contributed by atoms with E-state index in [1.807, 2.05) is 42.5 Å². The van der Waals surface area contributed by atoms with Crippen LogP contribution in [0.25, 0.3) is 10.9 Å². The summed E-state index contributed by atoms with van der Waals surface area (Å²) in [5, 5.41) is 3.24. The third-order valence-corrected chi connectivity index (χ3v) is 5.48. The Kier molecular flexibility index (Phi) is 2.77. The molecule has 0 bridgehead atoms. The molecular weight excluding hydrogens is 314 g/mol. The maximum Gasteiger partial charge on any atom is 0.306 e. The lowest BCUT2D eigenvalue weighted by molar-refractivity contribution is -0.714. The highest BCUT2D eigenvalue weighted by Crippen LogP contribution is 2.44. The van der Waals surface area contributed by atoms with Crippen molar-refractivity contribution in [2.24, 2.45) is 0 Å². The number of fused-ring (bicyclic) bond motifs is 6. The molecule has 3 N–H and O–H groups in total. The van der Waals surface area contributed by atoms with E-state index in [1.165, 1.54) is 17.4 Å². The zero-order valence-corrected chi connectivity index (χ0v) is 13.9. The van der Waals surface area contributed by atoms with Gasteiger partial charge in [-0.05, 0) is 23.8 Å². The Hall–Kier alpha value is -2.92. The lowest BCUT2D eigenvalue weighted by Gasteiger charge is -2.30. The summed E-state index contributed by atoms with van der Waals surface area (Å²) in [7, 11) is 0. The Morgan fingerprint density at radius 3 is 2.76 bits per heavy atom. The number of para-hydroxylation sites is 2. The van der Waals surface area contributed by atoms with E-state index in [2.05, 4.69) is 16.4 Å². The first-order valence-corrected chi connectivity index (χ1v) is 8.53. The molecule has 0 saturated heterocycles. The highest BCUT2D eigenvalue weighted by atomic mass is 16.2. The zero-order valence-electron chi connectivity index (χ0n) is 13.9. The maximum absolute atomic E-state index is 13.5. The molecule has 1 atom stereocenters. The molecule has 2 aliphatic heterocycles. The van der Waals surface area contributed by atoms with Crippen LogP contribution in [-0.4, -0.2) is 23.3 Å². The summed E-state index contributed by atoms with van der Waals surface area (Å²) in [5.41, 5.74) is 3.83. The molecule has 3 heterocycles. The van der Waals surface area contributed by atoms with Crippen LogP contribution in [0.4, 0.5) is 5.69 Å². The van der Waals surface area contributed by atoms with Crippen LogP contribution in [0, 0.1) is 0 Å². The number of quaternary nitrogens is 1. The summed E-state index contributed by atoms with van der Waals surface area (Å²) in [6, 6.07) is 15.8. The number of carbonyl (C=O) groups excluding carboxylic acids is 2. The summed E-state index contributed by atoms with van der Waals surface area (Å²) in [6.45, 7) is 2.25. The number of benzene rings is 2. The molecule has 5 nitrogen and oxygen atoms in total. The quantitative estimate of drug-likeness (QED) is 0.654. The van der Waals surface area contributed by atoms with Gasteiger partial charge in [0.15, 0.2) is 0 Å². The summed E-state index contributed by atoms with van der Waals surface area (Å²) >= 11 is 0. The fraction of sp³-hybridized carbons (Fsp3) is 0.200. The third kappa shape index (κ3) is 1.66. The molecule has 2 amide bonds. The molecule has 3 aromatic rings. The van der Waals surface area contributed by atoms with E-state index in [1.54, 1.807) is 0 Å². The SMILES string of the molecule is CC(=O)N1C(=O)[C@@]2([NH2+]CCc3c2[nH]c2ccccc32)c2ccccc21. The lowest BCUT2D eigenvalue weighted by Crippen LogP contribution is -2.99. The van der Waals surface area contributed by atoms with Crippen LogP contribution in [-0.2, 0) is 21.5 Å². The van der Waals surface area contributed by atoms with Crippen molar-refractivity contribution in [2.75, 3.05) is 11.4 Å². The maximum atomic E-state index is 13.5. The summed E-state index contributed by atoms with van der Waals surface area (Å²) in [4.78, 5) is 30.5. The second kappa shape index (κ2) is 4.80. The first kappa shape index (κ1) is 14.4. The second-order valence-corrected chi connectivity index (χ2v) is 6.75. The van der Waals surface area contributed by atoms with E-state index < -0.39 is 5.54 Å². The van der Waals surface area contributed by atoms with Gasteiger partial charge in [0.1, 0.15) is 0 Å². The van der Waals surface area contributed by atoms with Crippen molar-refractivity contribution in [1.29, 1.82) is 0 Å². The van der Waals surface area contributed by atoms with Gasteiger partial charge < -0.3 is 10.3 Å². The molecule has 0 fully saturated rings. The van der Waals surface area contributed by atoms with Gasteiger partial charge in [-0.25, -0.2) is 4.90 Å². The van der Waals surface area contributed by atoms with Gasteiger partial charge in [0.25, 0.3) is 0 Å². The fourth-order valence-electron chi connectivity index (χ4n) is 4.49. The van der Waals surface area contributed by atoms with Crippen LogP contribution < -0.4 is 10.2 Å². The van der Waals surface area contributed by atoms with Crippen molar-refractivity contribution in [3.8, 4) is 0 Å². The molecule has 2 aliphatic rings. The van der Waals surface area contributed by atoms with Crippen molar-refractivity contribution < 1.29 is 14.9 Å². The summed E-state index contributed by atoms with van der Waals surface area (Å²) < 4.78 is 0. The molecule has 1 aromatic heterocycles. The Balaban J connectivity index is 1.86. The van der Waals surface area contributed by atoms with Crippen molar-refractivity contribution in [2.45, 2.75) is 18.9 Å². The predicted octanol–water partition coefficient (Wildman–Crippen LogP) is 1.42. The molecule has 25 heavy (non-hydrogen) atoms. The van der Waals surface area contributed by atoms with E-state index in [0.29, 0.717) is 5.69 Å². The first-order chi connectivity index (χ1) is 12.1. The molecule has 2 aromatic carbocycles. The normalized spacial score (nSPS) is 21.6. The molecular formula is C20H18N3O2+. The summed E-state index contributed by atoms with van der Waals surface area (Å²) in [6.07, 6.45) is 0.899. The van der Waals surface area contributed by atoms with Gasteiger partial charge in [0, 0.05) is 24.2 Å². The van der Waals surface area contributed by atoms with Crippen LogP contribution in [0.3, 0.4) is 0 Å². The van der Waals surface area contributed by atoms with E-state index in [9.17, 15) is 9.59 Å². The van der Waals surface area contributed by atoms with Crippen molar-refractivity contribution in [3.05, 3.63) is 65.4 Å². The minimum atomic E-state index is -0.894. The largest absolute Gasteiger partial charge is 0.352 e. The highest BCUT2D eigenvalue weighted by molar-refractivity contribution is 6.22. The molecule has 0 saturated carbocycles. The van der Waals surface area contributed by atoms with Crippen molar-refractivity contribution in [1.82, 2.24) is 4.98 Å². The predicted molar refractivity (Wildman–Crippen MR) is 94.2 cm³/mol. The molecule has 1 spiro atoms.